The minimum atomic E-state index is -1.20. The molecule has 0 saturated heterocycles. The Hall–Kier alpha value is -4.61. The summed E-state index contributed by atoms with van der Waals surface area (Å²) in [5.74, 6) is 5.00. The molecule has 67 heavy (non-hydrogen) atoms. The molecule has 3 saturated carbocycles. The number of hydrogen-bond donors (Lipinski definition) is 5. The van der Waals surface area contributed by atoms with Crippen molar-refractivity contribution in [2.75, 3.05) is 20.8 Å². The Balaban J connectivity index is 1.23. The number of amides is 2. The number of nitrogens with two attached hydrogens (primary N) is 1. The van der Waals surface area contributed by atoms with Crippen molar-refractivity contribution in [1.29, 1.82) is 0 Å². The molecule has 12 atom stereocenters. The lowest BCUT2D eigenvalue weighted by molar-refractivity contribution is -0.188. The predicted octanol–water partition coefficient (Wildman–Crippen LogP) is 7.18. The van der Waals surface area contributed by atoms with Crippen LogP contribution in [0, 0.1) is 51.3 Å². The molecule has 5 aliphatic carbocycles. The lowest BCUT2D eigenvalue weighted by atomic mass is 9.36. The zero-order valence-electron chi connectivity index (χ0n) is 41.4. The number of rotatable bonds is 6. The van der Waals surface area contributed by atoms with Gasteiger partial charge in [0.05, 0.1) is 23.6 Å². The van der Waals surface area contributed by atoms with Crippen LogP contribution in [0.15, 0.2) is 70.1 Å². The summed E-state index contributed by atoms with van der Waals surface area (Å²) in [6.07, 6.45) is 13.2. The molecular formula is C54H75N3O10. The van der Waals surface area contributed by atoms with Crippen molar-refractivity contribution >= 4 is 29.4 Å². The summed E-state index contributed by atoms with van der Waals surface area (Å²) in [6.45, 7) is 16.8. The molecule has 0 aromatic rings. The number of Topliss-reactive ketones (excluding diaryl/α,β-unsaturated/α-hetero) is 1. The fourth-order valence-electron chi connectivity index (χ4n) is 13.1. The van der Waals surface area contributed by atoms with Crippen LogP contribution < -0.4 is 16.4 Å². The Labute approximate surface area is 397 Å². The van der Waals surface area contributed by atoms with Gasteiger partial charge in [-0.05, 0) is 106 Å². The van der Waals surface area contributed by atoms with Crippen LogP contribution in [0.1, 0.15) is 132 Å². The molecule has 3 fully saturated rings. The van der Waals surface area contributed by atoms with Crippen LogP contribution in [0.3, 0.4) is 0 Å². The van der Waals surface area contributed by atoms with Crippen molar-refractivity contribution in [3.63, 3.8) is 0 Å². The van der Waals surface area contributed by atoms with Gasteiger partial charge in [-0.25, -0.2) is 4.79 Å². The van der Waals surface area contributed by atoms with E-state index in [2.05, 4.69) is 50.2 Å². The van der Waals surface area contributed by atoms with E-state index in [0.29, 0.717) is 31.6 Å². The van der Waals surface area contributed by atoms with Gasteiger partial charge in [-0.1, -0.05) is 88.8 Å². The normalized spacial score (nSPS) is 40.7. The Bertz CT molecular complexity index is 2260. The fraction of sp³-hybridized carbons (Fsp3) is 0.648. The minimum absolute atomic E-state index is 0.0143. The van der Waals surface area contributed by atoms with Crippen LogP contribution in [0.2, 0.25) is 0 Å². The molecule has 13 nitrogen and oxygen atoms in total. The molecule has 1 unspecified atom stereocenters. The van der Waals surface area contributed by atoms with Crippen molar-refractivity contribution in [2.24, 2.45) is 45.1 Å². The van der Waals surface area contributed by atoms with Crippen LogP contribution in [-0.4, -0.2) is 90.3 Å². The van der Waals surface area contributed by atoms with Crippen molar-refractivity contribution < 1.29 is 48.4 Å². The summed E-state index contributed by atoms with van der Waals surface area (Å²) in [4.78, 5) is 66.0. The first kappa shape index (κ1) is 51.8. The molecule has 2 amide bonds. The molecule has 0 radical (unpaired) electrons. The summed E-state index contributed by atoms with van der Waals surface area (Å²) >= 11 is 0. The molecule has 13 heteroatoms. The maximum absolute atomic E-state index is 14.3. The second kappa shape index (κ2) is 20.2. The van der Waals surface area contributed by atoms with Gasteiger partial charge in [0.2, 0.25) is 11.6 Å². The summed E-state index contributed by atoms with van der Waals surface area (Å²) in [5.41, 5.74) is 6.14. The van der Waals surface area contributed by atoms with Gasteiger partial charge in [-0.15, -0.1) is 0 Å². The van der Waals surface area contributed by atoms with Crippen molar-refractivity contribution in [3.05, 3.63) is 70.1 Å². The monoisotopic (exact) mass is 926 g/mol. The minimum Gasteiger partial charge on any atom is -0.443 e. The largest absolute Gasteiger partial charge is 0.443 e. The molecule has 6 rings (SSSR count). The Kier molecular flexibility index (Phi) is 15.6. The number of ketones is 3. The smallest absolute Gasteiger partial charge is 0.404 e. The highest BCUT2D eigenvalue weighted by Crippen LogP contribution is 2.76. The zero-order valence-corrected chi connectivity index (χ0v) is 41.4. The lowest BCUT2D eigenvalue weighted by Gasteiger charge is -2.68. The van der Waals surface area contributed by atoms with E-state index >= 15 is 0 Å². The number of nitrogens with one attached hydrogen (secondary N) is 2. The van der Waals surface area contributed by atoms with Gasteiger partial charge in [0, 0.05) is 68.6 Å². The third kappa shape index (κ3) is 9.83. The van der Waals surface area contributed by atoms with Crippen molar-refractivity contribution in [1.82, 2.24) is 10.6 Å². The zero-order chi connectivity index (χ0) is 49.3. The highest BCUT2D eigenvalue weighted by atomic mass is 16.6. The first-order chi connectivity index (χ1) is 31.5. The molecule has 0 aromatic carbocycles. The first-order valence-electron chi connectivity index (χ1n) is 24.2. The first-order valence-corrected chi connectivity index (χ1v) is 24.2. The standard InChI is InChI=1S/C54H75N3O10/c1-32-26-35(4)46(60)43(66-10)29-33(2)27-38-45(40(59)31-39(47(38)61)57-48(62)34(3)14-13-15-41(65-9)42(28-32)67-49(55)63)56-25-12-11-19-54(64)24-22-52(7)44-17-16-36-30-37(58)18-20-50(36,5)51(44,6)21-23-53(52,54)8/h13-15,26,30-31,33,35,41-44,46,56,60,64H,12,16-18,20-25,27-29H2,1-10H3,(H2,55,63)(H,57,62)/b15-13-,32-26+,34-14+/t33-,35+,41-,42-,43-,44?,46-,50-,51-,52-,53-,54-/m0/s1. The van der Waals surface area contributed by atoms with E-state index < -0.39 is 59.0 Å². The van der Waals surface area contributed by atoms with Crippen LogP contribution in [-0.2, 0) is 33.4 Å². The van der Waals surface area contributed by atoms with Crippen LogP contribution in [0.4, 0.5) is 4.79 Å². The number of aliphatic hydroxyl groups is 2. The topological polar surface area (TPSA) is 204 Å². The Morgan fingerprint density at radius 1 is 0.940 bits per heavy atom. The molecule has 6 aliphatic rings. The van der Waals surface area contributed by atoms with E-state index in [0.717, 1.165) is 50.2 Å². The lowest BCUT2D eigenvalue weighted by Crippen LogP contribution is -2.63. The quantitative estimate of drug-likeness (QED) is 0.0782. The number of carbonyl (C=O) groups excluding carboxylic acids is 5. The number of primary amides is 1. The number of fused-ring (bicyclic) bond motifs is 7. The third-order valence-electron chi connectivity index (χ3n) is 17.6. The van der Waals surface area contributed by atoms with Crippen molar-refractivity contribution in [3.8, 4) is 11.8 Å². The summed E-state index contributed by atoms with van der Waals surface area (Å²) in [7, 11) is 2.97. The van der Waals surface area contributed by atoms with E-state index in [-0.39, 0.29) is 75.8 Å². The molecule has 2 bridgehead atoms. The number of aliphatic hydroxyl groups excluding tert-OH is 1. The number of methoxy groups -OCH3 is 2. The molecule has 366 valence electrons. The van der Waals surface area contributed by atoms with Crippen molar-refractivity contribution in [2.45, 2.75) is 162 Å². The molecule has 1 aliphatic heterocycles. The maximum atomic E-state index is 14.3. The van der Waals surface area contributed by atoms with Gasteiger partial charge in [-0.3, -0.25) is 19.2 Å². The second-order valence-corrected chi connectivity index (χ2v) is 21.4. The average molecular weight is 926 g/mol. The maximum Gasteiger partial charge on any atom is 0.404 e. The SMILES string of the molecule is CO[C@H]1/C=C\C=C(/C)C(=O)NC2=CC(=O)C(NCCC#C[C@]3(O)CC[C@@]4(C)C5CCC6=CC(=O)CC[C@]6(C)[C@@]5(C)CC[C@@]43C)=C(C[C@H](C)C[C@H](OC)[C@@H](O)[C@H](C)/C=C(\C)C[C@@H]1OC(N)=O)C2=O. The number of ether oxygens (including phenoxy) is 3. The highest BCUT2D eigenvalue weighted by molar-refractivity contribution is 6.23. The molecule has 6 N–H and O–H groups in total. The van der Waals surface area contributed by atoms with Gasteiger partial charge in [-0.2, -0.15) is 0 Å². The number of carbonyl (C=O) groups is 5. The summed E-state index contributed by atoms with van der Waals surface area (Å²) in [6, 6.07) is 0. The number of allylic oxidation sites excluding steroid dienone is 5. The van der Waals surface area contributed by atoms with Gasteiger partial charge >= 0.3 is 6.09 Å². The van der Waals surface area contributed by atoms with E-state index in [9.17, 15) is 34.2 Å². The van der Waals surface area contributed by atoms with E-state index in [1.165, 1.54) is 25.9 Å². The highest BCUT2D eigenvalue weighted by Gasteiger charge is 2.72. The number of hydrogen-bond acceptors (Lipinski definition) is 11. The predicted molar refractivity (Wildman–Crippen MR) is 255 cm³/mol. The third-order valence-corrected chi connectivity index (χ3v) is 17.6. The van der Waals surface area contributed by atoms with E-state index in [1.54, 1.807) is 19.1 Å². The van der Waals surface area contributed by atoms with Crippen LogP contribution >= 0.6 is 0 Å². The van der Waals surface area contributed by atoms with Crippen LogP contribution in [0.25, 0.3) is 0 Å². The summed E-state index contributed by atoms with van der Waals surface area (Å²) in [5, 5.41) is 29.9. The van der Waals surface area contributed by atoms with Gasteiger partial charge in [0.15, 0.2) is 5.78 Å². The van der Waals surface area contributed by atoms with E-state index in [4.69, 9.17) is 19.9 Å². The second-order valence-electron chi connectivity index (χ2n) is 21.4. The Morgan fingerprint density at radius 3 is 2.34 bits per heavy atom. The van der Waals surface area contributed by atoms with Gasteiger partial charge < -0.3 is 40.8 Å². The van der Waals surface area contributed by atoms with Crippen LogP contribution in [0.5, 0.6) is 0 Å². The summed E-state index contributed by atoms with van der Waals surface area (Å²) < 4.78 is 16.9. The fourth-order valence-corrected chi connectivity index (χ4v) is 13.1. The van der Waals surface area contributed by atoms with Gasteiger partial charge in [0.25, 0.3) is 5.91 Å². The Morgan fingerprint density at radius 2 is 1.66 bits per heavy atom. The molecular weight excluding hydrogens is 851 g/mol. The average Bonchev–Trinajstić information content (AvgIpc) is 3.47. The molecule has 0 aromatic heterocycles. The van der Waals surface area contributed by atoms with Gasteiger partial charge in [0.1, 0.15) is 17.8 Å². The molecule has 0 spiro atoms. The van der Waals surface area contributed by atoms with E-state index in [1.807, 2.05) is 32.9 Å². The molecule has 1 heterocycles.